The number of rotatable bonds is 5. The van der Waals surface area contributed by atoms with Gasteiger partial charge in [-0.1, -0.05) is 18.2 Å². The minimum absolute atomic E-state index is 0.178. The van der Waals surface area contributed by atoms with Crippen LogP contribution < -0.4 is 10.9 Å². The molecular weight excluding hydrogens is 314 g/mol. The van der Waals surface area contributed by atoms with Gasteiger partial charge in [-0.2, -0.15) is 0 Å². The third-order valence-electron chi connectivity index (χ3n) is 2.20. The van der Waals surface area contributed by atoms with Gasteiger partial charge in [-0.15, -0.1) is 11.8 Å². The van der Waals surface area contributed by atoms with Gasteiger partial charge in [0.2, 0.25) is 0 Å². The molecule has 0 amide bonds. The first-order chi connectivity index (χ1) is 8.77. The Kier molecular flexibility index (Phi) is 4.83. The summed E-state index contributed by atoms with van der Waals surface area (Å²) in [6.45, 7) is 0.745. The Bertz CT molecular complexity index is 559. The Morgan fingerprint density at radius 3 is 2.89 bits per heavy atom. The van der Waals surface area contributed by atoms with Crippen molar-refractivity contribution in [2.45, 2.75) is 4.90 Å². The summed E-state index contributed by atoms with van der Waals surface area (Å²) in [6, 6.07) is 10.2. The van der Waals surface area contributed by atoms with E-state index >= 15 is 0 Å². The van der Waals surface area contributed by atoms with Gasteiger partial charge < -0.3 is 10.3 Å². The first-order valence-electron chi connectivity index (χ1n) is 5.42. The van der Waals surface area contributed by atoms with Crippen LogP contribution in [0.4, 0.5) is 5.82 Å². The largest absolute Gasteiger partial charge is 0.368 e. The van der Waals surface area contributed by atoms with Crippen LogP contribution in [0, 0.1) is 0 Å². The molecule has 0 radical (unpaired) electrons. The van der Waals surface area contributed by atoms with Crippen LogP contribution in [-0.4, -0.2) is 22.3 Å². The van der Waals surface area contributed by atoms with Crippen molar-refractivity contribution in [1.29, 1.82) is 0 Å². The number of benzene rings is 1. The lowest BCUT2D eigenvalue weighted by atomic mass is 10.4. The average Bonchev–Trinajstić information content (AvgIpc) is 2.40. The minimum atomic E-state index is -0.178. The maximum Gasteiger partial charge on any atom is 0.267 e. The van der Waals surface area contributed by atoms with Crippen LogP contribution in [0.1, 0.15) is 0 Å². The molecule has 0 atom stereocenters. The lowest BCUT2D eigenvalue weighted by molar-refractivity contribution is 1.07. The number of aromatic amines is 1. The zero-order chi connectivity index (χ0) is 12.8. The smallest absolute Gasteiger partial charge is 0.267 e. The highest BCUT2D eigenvalue weighted by Crippen LogP contribution is 2.17. The lowest BCUT2D eigenvalue weighted by Crippen LogP contribution is -2.13. The number of anilines is 1. The van der Waals surface area contributed by atoms with Gasteiger partial charge in [0.05, 0.1) is 6.33 Å². The minimum Gasteiger partial charge on any atom is -0.368 e. The van der Waals surface area contributed by atoms with Crippen molar-refractivity contribution in [3.63, 3.8) is 0 Å². The molecule has 18 heavy (non-hydrogen) atoms. The van der Waals surface area contributed by atoms with E-state index in [2.05, 4.69) is 43.3 Å². The summed E-state index contributed by atoms with van der Waals surface area (Å²) in [6.07, 6.45) is 1.39. The molecule has 2 aromatic rings. The van der Waals surface area contributed by atoms with E-state index in [0.717, 1.165) is 12.3 Å². The first-order valence-corrected chi connectivity index (χ1v) is 7.20. The van der Waals surface area contributed by atoms with Gasteiger partial charge in [0, 0.05) is 17.2 Å². The molecule has 1 aromatic heterocycles. The Morgan fingerprint density at radius 1 is 1.33 bits per heavy atom. The third-order valence-corrected chi connectivity index (χ3v) is 3.95. The van der Waals surface area contributed by atoms with E-state index in [1.54, 1.807) is 11.8 Å². The molecule has 2 N–H and O–H groups in total. The Labute approximate surface area is 117 Å². The topological polar surface area (TPSA) is 57.8 Å². The first kappa shape index (κ1) is 13.2. The van der Waals surface area contributed by atoms with Gasteiger partial charge in [-0.05, 0) is 28.1 Å². The number of aromatic nitrogens is 2. The van der Waals surface area contributed by atoms with Crippen LogP contribution in [0.5, 0.6) is 0 Å². The molecule has 94 valence electrons. The molecule has 2 rings (SSSR count). The van der Waals surface area contributed by atoms with E-state index in [1.807, 2.05) is 18.2 Å². The van der Waals surface area contributed by atoms with E-state index in [4.69, 9.17) is 0 Å². The average molecular weight is 326 g/mol. The van der Waals surface area contributed by atoms with Crippen LogP contribution in [0.25, 0.3) is 0 Å². The summed E-state index contributed by atoms with van der Waals surface area (Å²) >= 11 is 4.96. The van der Waals surface area contributed by atoms with Crippen LogP contribution in [-0.2, 0) is 0 Å². The molecule has 0 fully saturated rings. The summed E-state index contributed by atoms with van der Waals surface area (Å²) in [5.41, 5.74) is -0.178. The van der Waals surface area contributed by atoms with Crippen molar-refractivity contribution in [2.75, 3.05) is 17.6 Å². The van der Waals surface area contributed by atoms with Gasteiger partial charge in [-0.25, -0.2) is 4.98 Å². The van der Waals surface area contributed by atoms with Gasteiger partial charge in [0.25, 0.3) is 5.56 Å². The molecule has 0 aliphatic rings. The summed E-state index contributed by atoms with van der Waals surface area (Å²) in [4.78, 5) is 19.1. The van der Waals surface area contributed by atoms with Crippen LogP contribution in [0.2, 0.25) is 0 Å². The second kappa shape index (κ2) is 6.61. The summed E-state index contributed by atoms with van der Waals surface area (Å²) < 4.78 is 0.440. The van der Waals surface area contributed by atoms with Gasteiger partial charge in [0.15, 0.2) is 0 Å². The predicted octanol–water partition coefficient (Wildman–Crippen LogP) is 2.74. The molecule has 0 saturated heterocycles. The monoisotopic (exact) mass is 325 g/mol. The molecule has 1 aromatic carbocycles. The predicted molar refractivity (Wildman–Crippen MR) is 78.2 cm³/mol. The number of hydrogen-bond donors (Lipinski definition) is 2. The highest BCUT2D eigenvalue weighted by molar-refractivity contribution is 9.10. The van der Waals surface area contributed by atoms with Crippen LogP contribution in [0.15, 0.2) is 50.8 Å². The van der Waals surface area contributed by atoms with Crippen molar-refractivity contribution in [3.05, 3.63) is 51.5 Å². The van der Waals surface area contributed by atoms with Crippen molar-refractivity contribution in [3.8, 4) is 0 Å². The quantitative estimate of drug-likeness (QED) is 0.655. The summed E-state index contributed by atoms with van der Waals surface area (Å²) in [5, 5.41) is 3.13. The Morgan fingerprint density at radius 2 is 2.11 bits per heavy atom. The van der Waals surface area contributed by atoms with E-state index in [0.29, 0.717) is 10.3 Å². The van der Waals surface area contributed by atoms with E-state index in [-0.39, 0.29) is 5.56 Å². The number of H-pyrrole nitrogens is 1. The normalized spacial score (nSPS) is 10.3. The number of halogens is 1. The van der Waals surface area contributed by atoms with Crippen molar-refractivity contribution in [1.82, 2.24) is 9.97 Å². The molecule has 1 heterocycles. The highest BCUT2D eigenvalue weighted by atomic mass is 79.9. The molecule has 0 bridgehead atoms. The fourth-order valence-corrected chi connectivity index (χ4v) is 2.51. The van der Waals surface area contributed by atoms with E-state index in [1.165, 1.54) is 11.2 Å². The summed E-state index contributed by atoms with van der Waals surface area (Å²) in [5.74, 6) is 1.48. The Hall–Kier alpha value is -1.27. The number of thioether (sulfide) groups is 1. The molecule has 0 spiro atoms. The molecule has 0 aliphatic heterocycles. The van der Waals surface area contributed by atoms with E-state index in [9.17, 15) is 4.79 Å². The van der Waals surface area contributed by atoms with Crippen molar-refractivity contribution < 1.29 is 0 Å². The standard InChI is InChI=1S/C12H12BrN3OS/c13-10-11(15-8-16-12(10)17)14-6-7-18-9-4-2-1-3-5-9/h1-5,8H,6-7H2,(H2,14,15,16,17). The fraction of sp³-hybridized carbons (Fsp3) is 0.167. The van der Waals surface area contributed by atoms with Gasteiger partial charge in [-0.3, -0.25) is 4.79 Å². The zero-order valence-corrected chi connectivity index (χ0v) is 11.9. The fourth-order valence-electron chi connectivity index (χ4n) is 1.36. The Balaban J connectivity index is 1.82. The highest BCUT2D eigenvalue weighted by Gasteiger charge is 2.03. The lowest BCUT2D eigenvalue weighted by Gasteiger charge is -2.06. The molecule has 0 aliphatic carbocycles. The molecule has 0 unspecified atom stereocenters. The molecular formula is C12H12BrN3OS. The van der Waals surface area contributed by atoms with Crippen LogP contribution >= 0.6 is 27.7 Å². The maximum absolute atomic E-state index is 11.3. The van der Waals surface area contributed by atoms with Crippen LogP contribution in [0.3, 0.4) is 0 Å². The molecule has 4 nitrogen and oxygen atoms in total. The molecule has 0 saturated carbocycles. The molecule has 6 heteroatoms. The van der Waals surface area contributed by atoms with Crippen molar-refractivity contribution in [2.24, 2.45) is 0 Å². The number of hydrogen-bond acceptors (Lipinski definition) is 4. The maximum atomic E-state index is 11.3. The SMILES string of the molecule is O=c1[nH]cnc(NCCSc2ccccc2)c1Br. The van der Waals surface area contributed by atoms with Crippen molar-refractivity contribution >= 4 is 33.5 Å². The van der Waals surface area contributed by atoms with Gasteiger partial charge in [0.1, 0.15) is 10.3 Å². The summed E-state index contributed by atoms with van der Waals surface area (Å²) in [7, 11) is 0. The van der Waals surface area contributed by atoms with Gasteiger partial charge >= 0.3 is 0 Å². The second-order valence-corrected chi connectivity index (χ2v) is 5.44. The third kappa shape index (κ3) is 3.61. The second-order valence-electron chi connectivity index (χ2n) is 3.48. The van der Waals surface area contributed by atoms with E-state index < -0.39 is 0 Å². The number of nitrogens with zero attached hydrogens (tertiary/aromatic N) is 1. The number of nitrogens with one attached hydrogen (secondary N) is 2. The zero-order valence-electron chi connectivity index (χ0n) is 9.52.